The number of halogens is 1. The Morgan fingerprint density at radius 2 is 2.10 bits per heavy atom. The van der Waals surface area contributed by atoms with E-state index in [1.807, 2.05) is 13.0 Å². The molecule has 21 heavy (non-hydrogen) atoms. The summed E-state index contributed by atoms with van der Waals surface area (Å²) in [5.41, 5.74) is 1.19. The number of aliphatic imine (C=N–C) groups is 1. The third kappa shape index (κ3) is 9.02. The number of carbonyl (C=O) groups is 1. The lowest BCUT2D eigenvalue weighted by atomic mass is 10.1. The van der Waals surface area contributed by atoms with Crippen molar-refractivity contribution in [1.82, 2.24) is 0 Å². The molecule has 0 heterocycles. The molecule has 0 rings (SSSR count). The van der Waals surface area contributed by atoms with Crippen LogP contribution in [0.3, 0.4) is 0 Å². The summed E-state index contributed by atoms with van der Waals surface area (Å²) < 4.78 is 18.5. The van der Waals surface area contributed by atoms with Gasteiger partial charge in [-0.15, -0.1) is 0 Å². The number of allylic oxidation sites excluding steroid dienone is 5. The molecule has 116 valence electrons. The van der Waals surface area contributed by atoms with E-state index in [1.165, 1.54) is 17.8 Å². The number of rotatable bonds is 9. The molecule has 0 aromatic rings. The highest BCUT2D eigenvalue weighted by Crippen LogP contribution is 2.23. The lowest BCUT2D eigenvalue weighted by Gasteiger charge is -2.12. The Morgan fingerprint density at radius 3 is 2.52 bits per heavy atom. The van der Waals surface area contributed by atoms with Crippen LogP contribution >= 0.6 is 11.8 Å². The van der Waals surface area contributed by atoms with Gasteiger partial charge in [-0.2, -0.15) is 0 Å². The van der Waals surface area contributed by atoms with Crippen molar-refractivity contribution in [2.45, 2.75) is 26.7 Å². The Hall–Kier alpha value is -1.62. The van der Waals surface area contributed by atoms with Crippen LogP contribution in [0.4, 0.5) is 4.39 Å². The number of carbonyl (C=O) groups excluding carboxylic acids is 1. The van der Waals surface area contributed by atoms with Crippen molar-refractivity contribution < 1.29 is 13.9 Å². The van der Waals surface area contributed by atoms with Crippen LogP contribution in [-0.4, -0.2) is 24.2 Å². The van der Waals surface area contributed by atoms with Gasteiger partial charge in [0, 0.05) is 12.1 Å². The van der Waals surface area contributed by atoms with E-state index in [4.69, 9.17) is 4.74 Å². The lowest BCUT2D eigenvalue weighted by Crippen LogP contribution is -2.04. The van der Waals surface area contributed by atoms with E-state index >= 15 is 0 Å². The van der Waals surface area contributed by atoms with Gasteiger partial charge in [-0.05, 0) is 31.1 Å². The van der Waals surface area contributed by atoms with Gasteiger partial charge in [0.15, 0.2) is 0 Å². The fourth-order valence-corrected chi connectivity index (χ4v) is 2.27. The van der Waals surface area contributed by atoms with E-state index < -0.39 is 5.83 Å². The van der Waals surface area contributed by atoms with Gasteiger partial charge in [0.1, 0.15) is 17.2 Å². The van der Waals surface area contributed by atoms with Crippen molar-refractivity contribution in [3.05, 3.63) is 48.2 Å². The maximum atomic E-state index is 13.2. The number of thioether (sulfide) groups is 1. The Bertz CT molecular complexity index is 479. The second-order valence-electron chi connectivity index (χ2n) is 4.21. The second kappa shape index (κ2) is 11.1. The summed E-state index contributed by atoms with van der Waals surface area (Å²) in [7, 11) is 1.57. The van der Waals surface area contributed by atoms with E-state index in [0.29, 0.717) is 28.5 Å². The van der Waals surface area contributed by atoms with Crippen molar-refractivity contribution in [2.24, 2.45) is 4.99 Å². The minimum Gasteiger partial charge on any atom is -0.501 e. The van der Waals surface area contributed by atoms with Gasteiger partial charge < -0.3 is 9.53 Å². The summed E-state index contributed by atoms with van der Waals surface area (Å²) in [5, 5.41) is 0.549. The fraction of sp³-hybridized carbons (Fsp3) is 0.375. The number of nitrogens with zero attached hydrogens (tertiary/aromatic N) is 1. The Balaban J connectivity index is 5.53. The van der Waals surface area contributed by atoms with E-state index in [0.717, 1.165) is 12.7 Å². The van der Waals surface area contributed by atoms with Crippen LogP contribution < -0.4 is 0 Å². The Labute approximate surface area is 130 Å². The number of methoxy groups -OCH3 is 1. The predicted molar refractivity (Wildman–Crippen MR) is 89.1 cm³/mol. The van der Waals surface area contributed by atoms with Gasteiger partial charge in [-0.1, -0.05) is 31.8 Å². The normalized spacial score (nSPS) is 13.0. The predicted octanol–water partition coefficient (Wildman–Crippen LogP) is 4.59. The van der Waals surface area contributed by atoms with Gasteiger partial charge >= 0.3 is 0 Å². The van der Waals surface area contributed by atoms with E-state index in [1.54, 1.807) is 14.0 Å². The minimum atomic E-state index is -0.571. The first-order valence-corrected chi connectivity index (χ1v) is 7.52. The quantitative estimate of drug-likeness (QED) is 0.205. The van der Waals surface area contributed by atoms with Crippen molar-refractivity contribution in [2.75, 3.05) is 12.9 Å². The fourth-order valence-electron chi connectivity index (χ4n) is 1.50. The van der Waals surface area contributed by atoms with Crippen molar-refractivity contribution >= 4 is 23.1 Å². The molecule has 0 unspecified atom stereocenters. The summed E-state index contributed by atoms with van der Waals surface area (Å²) in [6.07, 6.45) is 5.19. The number of hydrogen-bond acceptors (Lipinski definition) is 4. The van der Waals surface area contributed by atoms with Gasteiger partial charge in [-0.3, -0.25) is 0 Å². The molecule has 0 amide bonds. The molecule has 0 aliphatic rings. The molecule has 3 nitrogen and oxygen atoms in total. The summed E-state index contributed by atoms with van der Waals surface area (Å²) in [6, 6.07) is 0. The second-order valence-corrected chi connectivity index (χ2v) is 5.21. The molecule has 5 heteroatoms. The minimum absolute atomic E-state index is 0.238. The largest absolute Gasteiger partial charge is 0.501 e. The number of ether oxygens (including phenoxy) is 1. The first-order valence-electron chi connectivity index (χ1n) is 6.53. The van der Waals surface area contributed by atoms with Crippen molar-refractivity contribution in [1.29, 1.82) is 0 Å². The van der Waals surface area contributed by atoms with Crippen LogP contribution in [-0.2, 0) is 9.53 Å². The summed E-state index contributed by atoms with van der Waals surface area (Å²) in [5.74, 6) is 0.381. The topological polar surface area (TPSA) is 38.7 Å². The third-order valence-corrected chi connectivity index (χ3v) is 3.17. The Kier molecular flexibility index (Phi) is 10.2. The number of hydrogen-bond donors (Lipinski definition) is 0. The number of aldehydes is 1. The molecule has 0 aromatic heterocycles. The molecule has 0 fully saturated rings. The zero-order chi connectivity index (χ0) is 16.3. The van der Waals surface area contributed by atoms with Gasteiger partial charge in [0.2, 0.25) is 0 Å². The molecule has 0 saturated heterocycles. The molecule has 0 spiro atoms. The van der Waals surface area contributed by atoms with Crippen molar-refractivity contribution in [3.63, 3.8) is 0 Å². The van der Waals surface area contributed by atoms with Crippen LogP contribution in [0.2, 0.25) is 0 Å². The SMILES string of the molecule is C=C(F)/C=C(\C/C(=C\CC)OC)C(=NC(=C)C)SCC=O. The molecule has 0 aliphatic carbocycles. The maximum Gasteiger partial charge on any atom is 0.130 e. The molecule has 0 bridgehead atoms. The Morgan fingerprint density at radius 1 is 1.43 bits per heavy atom. The van der Waals surface area contributed by atoms with Crippen LogP contribution in [0.5, 0.6) is 0 Å². The maximum absolute atomic E-state index is 13.2. The van der Waals surface area contributed by atoms with Crippen molar-refractivity contribution in [3.8, 4) is 0 Å². The molecule has 0 atom stereocenters. The van der Waals surface area contributed by atoms with Gasteiger partial charge in [0.25, 0.3) is 0 Å². The summed E-state index contributed by atoms with van der Waals surface area (Å²) in [6.45, 7) is 10.7. The van der Waals surface area contributed by atoms with E-state index in [2.05, 4.69) is 18.2 Å². The van der Waals surface area contributed by atoms with Gasteiger partial charge in [0.05, 0.1) is 18.6 Å². The van der Waals surface area contributed by atoms with E-state index in [9.17, 15) is 9.18 Å². The monoisotopic (exact) mass is 311 g/mol. The first kappa shape index (κ1) is 19.4. The highest BCUT2D eigenvalue weighted by molar-refractivity contribution is 8.14. The molecule has 0 aliphatic heterocycles. The smallest absolute Gasteiger partial charge is 0.130 e. The average Bonchev–Trinajstić information content (AvgIpc) is 2.41. The summed E-state index contributed by atoms with van der Waals surface area (Å²) >= 11 is 1.23. The average molecular weight is 311 g/mol. The molecule has 0 radical (unpaired) electrons. The standard InChI is InChI=1S/C16H22FNO2S/c1-6-7-15(20-5)11-14(10-13(4)17)16(18-12(2)3)21-9-8-19/h7-8,10H,2,4,6,9,11H2,1,3,5H3/b14-10+,15-7+,18-16?. The van der Waals surface area contributed by atoms with Crippen LogP contribution in [0.15, 0.2) is 53.2 Å². The highest BCUT2D eigenvalue weighted by Gasteiger charge is 2.12. The zero-order valence-electron chi connectivity index (χ0n) is 12.8. The molecular weight excluding hydrogens is 289 g/mol. The highest BCUT2D eigenvalue weighted by atomic mass is 32.2. The molecular formula is C16H22FNO2S. The van der Waals surface area contributed by atoms with Gasteiger partial charge in [-0.25, -0.2) is 9.38 Å². The molecule has 0 aromatic carbocycles. The molecule has 0 saturated carbocycles. The third-order valence-electron chi connectivity index (χ3n) is 2.24. The lowest BCUT2D eigenvalue weighted by molar-refractivity contribution is -0.105. The van der Waals surface area contributed by atoms with Crippen LogP contribution in [0.1, 0.15) is 26.7 Å². The first-order chi connectivity index (χ1) is 9.94. The van der Waals surface area contributed by atoms with Crippen LogP contribution in [0.25, 0.3) is 0 Å². The zero-order valence-corrected chi connectivity index (χ0v) is 13.6. The summed E-state index contributed by atoms with van der Waals surface area (Å²) in [4.78, 5) is 14.9. The van der Waals surface area contributed by atoms with E-state index in [-0.39, 0.29) is 5.75 Å². The molecule has 0 N–H and O–H groups in total. The van der Waals surface area contributed by atoms with Crippen LogP contribution in [0, 0.1) is 0 Å².